The van der Waals surface area contributed by atoms with E-state index in [1.54, 1.807) is 17.5 Å². The van der Waals surface area contributed by atoms with Gasteiger partial charge in [0.05, 0.1) is 16.8 Å². The zero-order chi connectivity index (χ0) is 12.2. The van der Waals surface area contributed by atoms with Gasteiger partial charge in [0, 0.05) is 30.5 Å². The third kappa shape index (κ3) is 2.34. The number of thiophene rings is 1. The molecule has 3 N–H and O–H groups in total. The van der Waals surface area contributed by atoms with E-state index < -0.39 is 0 Å². The molecule has 0 aromatic carbocycles. The van der Waals surface area contributed by atoms with Crippen LogP contribution in [-0.4, -0.2) is 20.4 Å². The summed E-state index contributed by atoms with van der Waals surface area (Å²) >= 11 is 1.71. The van der Waals surface area contributed by atoms with Gasteiger partial charge in [0.25, 0.3) is 0 Å². The van der Waals surface area contributed by atoms with Crippen molar-refractivity contribution in [3.05, 3.63) is 47.2 Å². The van der Waals surface area contributed by atoms with Gasteiger partial charge in [-0.05, 0) is 17.5 Å². The van der Waals surface area contributed by atoms with Crippen LogP contribution in [0.25, 0.3) is 10.6 Å². The van der Waals surface area contributed by atoms with Crippen molar-refractivity contribution in [3.8, 4) is 10.6 Å². The molecule has 3 aromatic rings. The number of aromatic amines is 2. The maximum absolute atomic E-state index is 4.12. The van der Waals surface area contributed by atoms with Gasteiger partial charge in [-0.1, -0.05) is 6.07 Å². The molecule has 0 aliphatic rings. The average molecular weight is 259 g/mol. The van der Waals surface area contributed by atoms with Crippen LogP contribution in [0.1, 0.15) is 11.3 Å². The van der Waals surface area contributed by atoms with Crippen molar-refractivity contribution in [1.82, 2.24) is 25.7 Å². The van der Waals surface area contributed by atoms with E-state index >= 15 is 0 Å². The Kier molecular flexibility index (Phi) is 3.20. The Labute approximate surface area is 108 Å². The van der Waals surface area contributed by atoms with Crippen molar-refractivity contribution in [3.63, 3.8) is 0 Å². The van der Waals surface area contributed by atoms with Gasteiger partial charge in [-0.3, -0.25) is 10.2 Å². The Morgan fingerprint density at radius 2 is 2.17 bits per heavy atom. The lowest BCUT2D eigenvalue weighted by Gasteiger charge is -2.03. The van der Waals surface area contributed by atoms with Gasteiger partial charge < -0.3 is 5.32 Å². The van der Waals surface area contributed by atoms with Crippen molar-refractivity contribution < 1.29 is 0 Å². The lowest BCUT2D eigenvalue weighted by molar-refractivity contribution is 0.678. The number of hydrogen-bond donors (Lipinski definition) is 3. The van der Waals surface area contributed by atoms with Crippen LogP contribution in [0.15, 0.2) is 36.0 Å². The zero-order valence-corrected chi connectivity index (χ0v) is 10.5. The van der Waals surface area contributed by atoms with Crippen LogP contribution in [-0.2, 0) is 13.1 Å². The van der Waals surface area contributed by atoms with Crippen molar-refractivity contribution in [2.24, 2.45) is 0 Å². The summed E-state index contributed by atoms with van der Waals surface area (Å²) < 4.78 is 0. The van der Waals surface area contributed by atoms with E-state index in [2.05, 4.69) is 37.2 Å². The molecule has 0 amide bonds. The fraction of sp³-hybridized carbons (Fsp3) is 0.167. The fourth-order valence-corrected chi connectivity index (χ4v) is 2.55. The van der Waals surface area contributed by atoms with E-state index in [0.29, 0.717) is 0 Å². The van der Waals surface area contributed by atoms with Gasteiger partial charge in [0.15, 0.2) is 0 Å². The molecule has 5 nitrogen and oxygen atoms in total. The minimum Gasteiger partial charge on any atom is -0.307 e. The zero-order valence-electron chi connectivity index (χ0n) is 9.68. The summed E-state index contributed by atoms with van der Waals surface area (Å²) in [6.45, 7) is 1.55. The quantitative estimate of drug-likeness (QED) is 0.657. The van der Waals surface area contributed by atoms with E-state index in [-0.39, 0.29) is 0 Å². The van der Waals surface area contributed by atoms with Gasteiger partial charge in [0.1, 0.15) is 0 Å². The molecule has 0 unspecified atom stereocenters. The Bertz CT molecular complexity index is 582. The summed E-state index contributed by atoms with van der Waals surface area (Å²) in [5.74, 6) is 0. The summed E-state index contributed by atoms with van der Waals surface area (Å²) in [7, 11) is 0. The van der Waals surface area contributed by atoms with Gasteiger partial charge in [-0.2, -0.15) is 10.2 Å². The molecule has 3 rings (SSSR count). The van der Waals surface area contributed by atoms with Gasteiger partial charge in [-0.25, -0.2) is 0 Å². The minimum absolute atomic E-state index is 0.773. The second-order valence-electron chi connectivity index (χ2n) is 3.93. The third-order valence-electron chi connectivity index (χ3n) is 2.67. The van der Waals surface area contributed by atoms with Crippen molar-refractivity contribution in [2.45, 2.75) is 13.1 Å². The van der Waals surface area contributed by atoms with Crippen molar-refractivity contribution in [2.75, 3.05) is 0 Å². The lowest BCUT2D eigenvalue weighted by atomic mass is 10.2. The van der Waals surface area contributed by atoms with E-state index in [4.69, 9.17) is 0 Å². The molecule has 0 radical (unpaired) electrons. The number of aromatic nitrogens is 4. The van der Waals surface area contributed by atoms with Gasteiger partial charge >= 0.3 is 0 Å². The maximum Gasteiger partial charge on any atom is 0.0794 e. The summed E-state index contributed by atoms with van der Waals surface area (Å²) in [4.78, 5) is 1.21. The van der Waals surface area contributed by atoms with Crippen molar-refractivity contribution in [1.29, 1.82) is 0 Å². The van der Waals surface area contributed by atoms with Gasteiger partial charge in [-0.15, -0.1) is 11.3 Å². The molecule has 3 heterocycles. The summed E-state index contributed by atoms with van der Waals surface area (Å²) in [5.41, 5.74) is 3.36. The normalized spacial score (nSPS) is 10.9. The molecule has 0 bridgehead atoms. The number of hydrogen-bond acceptors (Lipinski definition) is 4. The van der Waals surface area contributed by atoms with Crippen LogP contribution in [0.4, 0.5) is 0 Å². The van der Waals surface area contributed by atoms with Crippen LogP contribution >= 0.6 is 11.3 Å². The second-order valence-corrected chi connectivity index (χ2v) is 4.88. The second kappa shape index (κ2) is 5.16. The summed E-state index contributed by atoms with van der Waals surface area (Å²) in [6, 6.07) is 6.10. The summed E-state index contributed by atoms with van der Waals surface area (Å²) in [5, 5.41) is 19.4. The molecular formula is C12H13N5S. The molecule has 0 saturated carbocycles. The van der Waals surface area contributed by atoms with E-state index in [0.717, 1.165) is 24.5 Å². The largest absolute Gasteiger partial charge is 0.307 e. The molecule has 0 aliphatic heterocycles. The SMILES string of the molecule is c1csc(-c2[nH]ncc2CNCc2ccn[nH]2)c1. The maximum atomic E-state index is 4.12. The molecule has 18 heavy (non-hydrogen) atoms. The van der Waals surface area contributed by atoms with Crippen LogP contribution in [0.5, 0.6) is 0 Å². The molecule has 92 valence electrons. The Morgan fingerprint density at radius 3 is 2.94 bits per heavy atom. The molecule has 0 saturated heterocycles. The molecule has 0 aliphatic carbocycles. The predicted molar refractivity (Wildman–Crippen MR) is 71.0 cm³/mol. The van der Waals surface area contributed by atoms with E-state index in [1.807, 2.05) is 18.3 Å². The first-order valence-electron chi connectivity index (χ1n) is 5.68. The van der Waals surface area contributed by atoms with Crippen molar-refractivity contribution >= 4 is 11.3 Å². The average Bonchev–Trinajstić information content (AvgIpc) is 3.12. The summed E-state index contributed by atoms with van der Waals surface area (Å²) in [6.07, 6.45) is 3.63. The first-order chi connectivity index (χ1) is 8.93. The molecule has 0 spiro atoms. The lowest BCUT2D eigenvalue weighted by Crippen LogP contribution is -2.13. The number of rotatable bonds is 5. The molecule has 6 heteroatoms. The number of H-pyrrole nitrogens is 2. The highest BCUT2D eigenvalue weighted by Gasteiger charge is 2.07. The number of nitrogens with one attached hydrogen (secondary N) is 3. The van der Waals surface area contributed by atoms with Crippen LogP contribution in [0.3, 0.4) is 0 Å². The molecule has 0 atom stereocenters. The van der Waals surface area contributed by atoms with Gasteiger partial charge in [0.2, 0.25) is 0 Å². The monoisotopic (exact) mass is 259 g/mol. The predicted octanol–water partition coefficient (Wildman–Crippen LogP) is 2.15. The Balaban J connectivity index is 1.65. The van der Waals surface area contributed by atoms with E-state index in [9.17, 15) is 0 Å². The highest BCUT2D eigenvalue weighted by Crippen LogP contribution is 2.25. The van der Waals surface area contributed by atoms with E-state index in [1.165, 1.54) is 10.4 Å². The first kappa shape index (κ1) is 11.2. The van der Waals surface area contributed by atoms with Crippen LogP contribution < -0.4 is 5.32 Å². The topological polar surface area (TPSA) is 69.4 Å². The Hall–Kier alpha value is -1.92. The van der Waals surface area contributed by atoms with Crippen LogP contribution in [0.2, 0.25) is 0 Å². The third-order valence-corrected chi connectivity index (χ3v) is 3.56. The molecule has 0 fully saturated rings. The highest BCUT2D eigenvalue weighted by atomic mass is 32.1. The smallest absolute Gasteiger partial charge is 0.0794 e. The highest BCUT2D eigenvalue weighted by molar-refractivity contribution is 7.13. The van der Waals surface area contributed by atoms with Crippen LogP contribution in [0, 0.1) is 0 Å². The number of nitrogens with zero attached hydrogens (tertiary/aromatic N) is 2. The molecular weight excluding hydrogens is 246 g/mol. The minimum atomic E-state index is 0.773. The standard InChI is InChI=1S/C12H13N5S/c1-2-11(18-5-1)12-9(7-15-17-12)6-13-8-10-3-4-14-16-10/h1-5,7,13H,6,8H2,(H,14,16)(H,15,17). The first-order valence-corrected chi connectivity index (χ1v) is 6.56. The Morgan fingerprint density at radius 1 is 1.17 bits per heavy atom. The molecule has 3 aromatic heterocycles. The fourth-order valence-electron chi connectivity index (χ4n) is 1.79.